The van der Waals surface area contributed by atoms with Crippen LogP contribution in [0.15, 0.2) is 47.3 Å². The van der Waals surface area contributed by atoms with Crippen LogP contribution in [0.3, 0.4) is 0 Å². The van der Waals surface area contributed by atoms with Crippen molar-refractivity contribution in [1.82, 2.24) is 14.4 Å². The van der Waals surface area contributed by atoms with E-state index in [1.54, 1.807) is 25.1 Å². The molecular formula is C25H30N4O3. The predicted molar refractivity (Wildman–Crippen MR) is 123 cm³/mol. The zero-order chi connectivity index (χ0) is 22.2. The highest BCUT2D eigenvalue weighted by Crippen LogP contribution is 2.37. The van der Waals surface area contributed by atoms with Crippen LogP contribution >= 0.6 is 0 Å². The molecule has 2 amide bonds. The highest BCUT2D eigenvalue weighted by atomic mass is 16.2. The highest BCUT2D eigenvalue weighted by Gasteiger charge is 2.38. The molecule has 2 fully saturated rings. The molecule has 0 radical (unpaired) electrons. The molecular weight excluding hydrogens is 404 g/mol. The van der Waals surface area contributed by atoms with Crippen LogP contribution in [0.4, 0.5) is 5.69 Å². The summed E-state index contributed by atoms with van der Waals surface area (Å²) in [6.07, 6.45) is 3.16. The van der Waals surface area contributed by atoms with Crippen LogP contribution < -0.4 is 10.9 Å². The lowest BCUT2D eigenvalue weighted by Gasteiger charge is -2.47. The summed E-state index contributed by atoms with van der Waals surface area (Å²) >= 11 is 0. The molecule has 2 aromatic rings. The molecule has 2 saturated heterocycles. The van der Waals surface area contributed by atoms with Crippen LogP contribution in [0, 0.1) is 5.92 Å². The van der Waals surface area contributed by atoms with Crippen molar-refractivity contribution in [1.29, 1.82) is 0 Å². The standard InChI is InChI=1S/C25H30N4O3/c1-17(30)27-11-9-21(10-12-27)28-14-18-13-20(16-28)23-8-7-22(25(32)29(23)15-18)26-24(31)19-5-3-2-4-6-19/h2-8,18,20-21H,9-16H2,1H3,(H,26,31)/t18-,20-/m1/s1. The van der Waals surface area contributed by atoms with Gasteiger partial charge in [0.2, 0.25) is 5.91 Å². The van der Waals surface area contributed by atoms with E-state index >= 15 is 0 Å². The van der Waals surface area contributed by atoms with E-state index in [1.165, 1.54) is 0 Å². The molecule has 168 valence electrons. The first-order valence-corrected chi connectivity index (χ1v) is 11.6. The number of fused-ring (bicyclic) bond motifs is 4. The Balaban J connectivity index is 1.31. The average molecular weight is 435 g/mol. The maximum Gasteiger partial charge on any atom is 0.274 e. The molecule has 1 N–H and O–H groups in total. The Bertz CT molecular complexity index is 1070. The number of rotatable bonds is 3. The number of hydrogen-bond donors (Lipinski definition) is 1. The van der Waals surface area contributed by atoms with Crippen LogP contribution in [-0.2, 0) is 11.3 Å². The lowest BCUT2D eigenvalue weighted by molar-refractivity contribution is -0.130. The molecule has 0 saturated carbocycles. The molecule has 3 aliphatic rings. The second-order valence-electron chi connectivity index (χ2n) is 9.40. The van der Waals surface area contributed by atoms with E-state index in [4.69, 9.17) is 0 Å². The maximum absolute atomic E-state index is 13.2. The molecule has 1 aromatic carbocycles. The van der Waals surface area contributed by atoms with Gasteiger partial charge >= 0.3 is 0 Å². The number of nitrogens with zero attached hydrogens (tertiary/aromatic N) is 3. The van der Waals surface area contributed by atoms with Gasteiger partial charge in [0, 0.05) is 62.9 Å². The second-order valence-corrected chi connectivity index (χ2v) is 9.40. The number of aromatic nitrogens is 1. The number of carbonyl (C=O) groups excluding carboxylic acids is 2. The van der Waals surface area contributed by atoms with E-state index in [-0.39, 0.29) is 17.4 Å². The molecule has 0 aliphatic carbocycles. The molecule has 2 atom stereocenters. The van der Waals surface area contributed by atoms with Gasteiger partial charge in [-0.1, -0.05) is 18.2 Å². The third-order valence-electron chi connectivity index (χ3n) is 7.34. The fourth-order valence-corrected chi connectivity index (χ4v) is 5.71. The van der Waals surface area contributed by atoms with E-state index in [0.717, 1.165) is 51.1 Å². The number of nitrogens with one attached hydrogen (secondary N) is 1. The lowest BCUT2D eigenvalue weighted by atomic mass is 9.82. The average Bonchev–Trinajstić information content (AvgIpc) is 2.81. The van der Waals surface area contributed by atoms with Gasteiger partial charge in [-0.05, 0) is 49.4 Å². The van der Waals surface area contributed by atoms with Crippen LogP contribution in [0.5, 0.6) is 0 Å². The number of piperidine rings is 2. The number of amides is 2. The van der Waals surface area contributed by atoms with Gasteiger partial charge < -0.3 is 14.8 Å². The second kappa shape index (κ2) is 8.54. The van der Waals surface area contributed by atoms with Gasteiger partial charge in [-0.3, -0.25) is 19.3 Å². The molecule has 4 heterocycles. The summed E-state index contributed by atoms with van der Waals surface area (Å²) in [6, 6.07) is 13.3. The summed E-state index contributed by atoms with van der Waals surface area (Å²) in [5, 5.41) is 2.80. The SMILES string of the molecule is CC(=O)N1CCC(N2C[C@H]3C[C@H](C2)c2ccc(NC(=O)c4ccccc4)c(=O)n2C3)CC1. The molecule has 5 rings (SSSR count). The van der Waals surface area contributed by atoms with Crippen LogP contribution in [-0.4, -0.2) is 58.4 Å². The van der Waals surface area contributed by atoms with Gasteiger partial charge in [-0.25, -0.2) is 0 Å². The minimum atomic E-state index is -0.262. The van der Waals surface area contributed by atoms with Crippen molar-refractivity contribution < 1.29 is 9.59 Å². The van der Waals surface area contributed by atoms with E-state index in [0.29, 0.717) is 35.7 Å². The van der Waals surface area contributed by atoms with Gasteiger partial charge in [0.1, 0.15) is 5.69 Å². The minimum Gasteiger partial charge on any atom is -0.343 e. The molecule has 2 bridgehead atoms. The summed E-state index contributed by atoms with van der Waals surface area (Å²) in [6.45, 7) is 5.97. The van der Waals surface area contributed by atoms with Gasteiger partial charge in [-0.2, -0.15) is 0 Å². The number of pyridine rings is 1. The Morgan fingerprint density at radius 3 is 2.44 bits per heavy atom. The van der Waals surface area contributed by atoms with Crippen molar-refractivity contribution in [2.24, 2.45) is 5.92 Å². The normalized spacial score (nSPS) is 23.5. The summed E-state index contributed by atoms with van der Waals surface area (Å²) in [5.74, 6) is 0.675. The smallest absolute Gasteiger partial charge is 0.274 e. The van der Waals surface area contributed by atoms with Crippen LogP contribution in [0.2, 0.25) is 0 Å². The summed E-state index contributed by atoms with van der Waals surface area (Å²) in [5.41, 5.74) is 1.86. The lowest BCUT2D eigenvalue weighted by Crippen LogP contribution is -2.53. The molecule has 32 heavy (non-hydrogen) atoms. The number of anilines is 1. The topological polar surface area (TPSA) is 74.7 Å². The van der Waals surface area contributed by atoms with Crippen molar-refractivity contribution in [3.63, 3.8) is 0 Å². The first-order valence-electron chi connectivity index (χ1n) is 11.6. The molecule has 7 nitrogen and oxygen atoms in total. The number of carbonyl (C=O) groups is 2. The molecule has 0 unspecified atom stereocenters. The monoisotopic (exact) mass is 434 g/mol. The van der Waals surface area contributed by atoms with Gasteiger partial charge in [0.25, 0.3) is 11.5 Å². The number of benzene rings is 1. The van der Waals surface area contributed by atoms with Crippen LogP contribution in [0.25, 0.3) is 0 Å². The summed E-state index contributed by atoms with van der Waals surface area (Å²) < 4.78 is 1.88. The molecule has 0 spiro atoms. The van der Waals surface area contributed by atoms with Crippen molar-refractivity contribution in [3.8, 4) is 0 Å². The number of hydrogen-bond acceptors (Lipinski definition) is 4. The summed E-state index contributed by atoms with van der Waals surface area (Å²) in [7, 11) is 0. The maximum atomic E-state index is 13.2. The van der Waals surface area contributed by atoms with Crippen molar-refractivity contribution in [2.75, 3.05) is 31.5 Å². The first kappa shape index (κ1) is 20.9. The van der Waals surface area contributed by atoms with E-state index in [9.17, 15) is 14.4 Å². The zero-order valence-corrected chi connectivity index (χ0v) is 18.5. The van der Waals surface area contributed by atoms with E-state index in [1.807, 2.05) is 33.7 Å². The Morgan fingerprint density at radius 2 is 1.72 bits per heavy atom. The molecule has 7 heteroatoms. The molecule has 3 aliphatic heterocycles. The van der Waals surface area contributed by atoms with E-state index in [2.05, 4.69) is 10.2 Å². The van der Waals surface area contributed by atoms with Gasteiger partial charge in [0.15, 0.2) is 0 Å². The Labute approximate surface area is 188 Å². The largest absolute Gasteiger partial charge is 0.343 e. The quantitative estimate of drug-likeness (QED) is 0.806. The Hall–Kier alpha value is -2.93. The fourth-order valence-electron chi connectivity index (χ4n) is 5.71. The van der Waals surface area contributed by atoms with Crippen molar-refractivity contribution in [2.45, 2.75) is 44.7 Å². The Morgan fingerprint density at radius 1 is 0.969 bits per heavy atom. The van der Waals surface area contributed by atoms with Crippen molar-refractivity contribution >= 4 is 17.5 Å². The predicted octanol–water partition coefficient (Wildman–Crippen LogP) is 2.53. The summed E-state index contributed by atoms with van der Waals surface area (Å²) in [4.78, 5) is 41.9. The Kier molecular flexibility index (Phi) is 5.59. The van der Waals surface area contributed by atoms with Gasteiger partial charge in [0.05, 0.1) is 0 Å². The first-order chi connectivity index (χ1) is 15.5. The third-order valence-corrected chi connectivity index (χ3v) is 7.34. The zero-order valence-electron chi connectivity index (χ0n) is 18.5. The minimum absolute atomic E-state index is 0.107. The highest BCUT2D eigenvalue weighted by molar-refractivity contribution is 6.04. The fraction of sp³-hybridized carbons (Fsp3) is 0.480. The number of likely N-dealkylation sites (tertiary alicyclic amines) is 2. The van der Waals surface area contributed by atoms with Crippen LogP contribution in [0.1, 0.15) is 48.2 Å². The molecule has 1 aromatic heterocycles. The van der Waals surface area contributed by atoms with E-state index < -0.39 is 0 Å². The van der Waals surface area contributed by atoms with Crippen molar-refractivity contribution in [3.05, 3.63) is 64.1 Å². The third kappa shape index (κ3) is 3.97. The van der Waals surface area contributed by atoms with Gasteiger partial charge in [-0.15, -0.1) is 0 Å².